The molecule has 1 fully saturated rings. The third-order valence-corrected chi connectivity index (χ3v) is 5.91. The summed E-state index contributed by atoms with van der Waals surface area (Å²) in [5.41, 5.74) is 3.31. The lowest BCUT2D eigenvalue weighted by Crippen LogP contribution is -2.25. The van der Waals surface area contributed by atoms with Gasteiger partial charge in [0, 0.05) is 35.5 Å². The number of anilines is 1. The molecule has 1 saturated heterocycles. The van der Waals surface area contributed by atoms with Crippen molar-refractivity contribution in [2.45, 2.75) is 12.5 Å². The maximum Gasteiger partial charge on any atom is 0.293 e. The molecule has 0 amide bonds. The summed E-state index contributed by atoms with van der Waals surface area (Å²) in [5, 5.41) is 13.4. The Hall–Kier alpha value is -3.64. The molecule has 0 radical (unpaired) electrons. The van der Waals surface area contributed by atoms with Crippen LogP contribution in [0.3, 0.4) is 0 Å². The Labute approximate surface area is 190 Å². The van der Waals surface area contributed by atoms with Crippen LogP contribution in [-0.2, 0) is 0 Å². The van der Waals surface area contributed by atoms with Crippen molar-refractivity contribution in [1.29, 1.82) is 0 Å². The van der Waals surface area contributed by atoms with Gasteiger partial charge in [0.25, 0.3) is 5.69 Å². The van der Waals surface area contributed by atoms with Gasteiger partial charge in [-0.3, -0.25) is 10.1 Å². The highest BCUT2D eigenvalue weighted by Crippen LogP contribution is 2.35. The largest absolute Gasteiger partial charge is 0.472 e. The fourth-order valence-electron chi connectivity index (χ4n) is 4.10. The fourth-order valence-corrected chi connectivity index (χ4v) is 4.29. The first kappa shape index (κ1) is 20.3. The van der Waals surface area contributed by atoms with Crippen LogP contribution in [0.25, 0.3) is 22.0 Å². The molecule has 160 valence electrons. The standard InChI is InChI=1S/C25H20ClN3O3/c26-20-8-9-22-19(14-20)7-11-25(27-22)32-21-12-13-28(16-21)23-10-6-18(15-24(23)29(30)31)17-4-2-1-3-5-17/h1-11,14-15,21H,12-13,16H2/t21-/m0/s1. The van der Waals surface area contributed by atoms with Gasteiger partial charge in [-0.1, -0.05) is 48.0 Å². The van der Waals surface area contributed by atoms with Crippen LogP contribution in [0, 0.1) is 10.1 Å². The number of nitro benzene ring substituents is 1. The Balaban J connectivity index is 1.35. The number of hydrogen-bond acceptors (Lipinski definition) is 5. The van der Waals surface area contributed by atoms with Crippen LogP contribution in [0.5, 0.6) is 5.88 Å². The summed E-state index contributed by atoms with van der Waals surface area (Å²) in [4.78, 5) is 18.1. The van der Waals surface area contributed by atoms with E-state index in [0.29, 0.717) is 29.7 Å². The molecular weight excluding hydrogens is 426 g/mol. The summed E-state index contributed by atoms with van der Waals surface area (Å²) in [7, 11) is 0. The van der Waals surface area contributed by atoms with Gasteiger partial charge in [0.15, 0.2) is 0 Å². The lowest BCUT2D eigenvalue weighted by molar-refractivity contribution is -0.384. The first-order valence-corrected chi connectivity index (χ1v) is 10.8. The molecule has 0 bridgehead atoms. The third kappa shape index (κ3) is 4.09. The number of ether oxygens (including phenoxy) is 1. The number of nitrogens with zero attached hydrogens (tertiary/aromatic N) is 3. The zero-order chi connectivity index (χ0) is 22.1. The average Bonchev–Trinajstić information content (AvgIpc) is 3.27. The van der Waals surface area contributed by atoms with Crippen molar-refractivity contribution in [3.05, 3.63) is 94.0 Å². The van der Waals surface area contributed by atoms with Gasteiger partial charge in [-0.05, 0) is 41.5 Å². The van der Waals surface area contributed by atoms with Crippen LogP contribution in [0.4, 0.5) is 11.4 Å². The molecule has 1 atom stereocenters. The lowest BCUT2D eigenvalue weighted by Gasteiger charge is -2.19. The van der Waals surface area contributed by atoms with E-state index in [4.69, 9.17) is 16.3 Å². The molecule has 5 rings (SSSR count). The molecule has 4 aromatic rings. The number of benzene rings is 3. The molecule has 0 unspecified atom stereocenters. The van der Waals surface area contributed by atoms with Gasteiger partial charge in [0.1, 0.15) is 11.8 Å². The van der Waals surface area contributed by atoms with Crippen molar-refractivity contribution >= 4 is 33.9 Å². The minimum absolute atomic E-state index is 0.0966. The number of fused-ring (bicyclic) bond motifs is 1. The Morgan fingerprint density at radius 2 is 1.84 bits per heavy atom. The van der Waals surface area contributed by atoms with E-state index in [2.05, 4.69) is 4.98 Å². The van der Waals surface area contributed by atoms with Gasteiger partial charge in [0.2, 0.25) is 5.88 Å². The second kappa shape index (κ2) is 8.48. The molecular formula is C25H20ClN3O3. The molecule has 6 nitrogen and oxygen atoms in total. The first-order valence-electron chi connectivity index (χ1n) is 10.4. The topological polar surface area (TPSA) is 68.5 Å². The molecule has 1 aromatic heterocycles. The van der Waals surface area contributed by atoms with Gasteiger partial charge < -0.3 is 9.64 Å². The van der Waals surface area contributed by atoms with Crippen LogP contribution >= 0.6 is 11.6 Å². The maximum absolute atomic E-state index is 11.8. The SMILES string of the molecule is O=[N+]([O-])c1cc(-c2ccccc2)ccc1N1CC[C@H](Oc2ccc3cc(Cl)ccc3n2)C1. The summed E-state index contributed by atoms with van der Waals surface area (Å²) in [5.74, 6) is 0.542. The quantitative estimate of drug-likeness (QED) is 0.273. The van der Waals surface area contributed by atoms with Crippen molar-refractivity contribution in [3.8, 4) is 17.0 Å². The smallest absolute Gasteiger partial charge is 0.293 e. The molecule has 3 aromatic carbocycles. The van der Waals surface area contributed by atoms with E-state index >= 15 is 0 Å². The molecule has 1 aliphatic rings. The molecule has 2 heterocycles. The van der Waals surface area contributed by atoms with E-state index < -0.39 is 0 Å². The summed E-state index contributed by atoms with van der Waals surface area (Å²) < 4.78 is 6.10. The van der Waals surface area contributed by atoms with Gasteiger partial charge in [-0.25, -0.2) is 4.98 Å². The molecule has 0 N–H and O–H groups in total. The highest BCUT2D eigenvalue weighted by atomic mass is 35.5. The highest BCUT2D eigenvalue weighted by Gasteiger charge is 2.29. The van der Waals surface area contributed by atoms with E-state index in [0.717, 1.165) is 28.5 Å². The van der Waals surface area contributed by atoms with E-state index in [9.17, 15) is 10.1 Å². The zero-order valence-corrected chi connectivity index (χ0v) is 17.9. The maximum atomic E-state index is 11.8. The fraction of sp³-hybridized carbons (Fsp3) is 0.160. The van der Waals surface area contributed by atoms with Crippen molar-refractivity contribution in [2.24, 2.45) is 0 Å². The van der Waals surface area contributed by atoms with E-state index in [1.165, 1.54) is 0 Å². The minimum atomic E-state index is -0.314. The second-order valence-electron chi connectivity index (χ2n) is 7.79. The van der Waals surface area contributed by atoms with Crippen molar-refractivity contribution < 1.29 is 9.66 Å². The van der Waals surface area contributed by atoms with E-state index in [-0.39, 0.29) is 16.7 Å². The predicted octanol–water partition coefficient (Wildman–Crippen LogP) is 6.12. The minimum Gasteiger partial charge on any atom is -0.472 e. The van der Waals surface area contributed by atoms with Gasteiger partial charge in [-0.15, -0.1) is 0 Å². The number of halogens is 1. The van der Waals surface area contributed by atoms with Crippen LogP contribution < -0.4 is 9.64 Å². The predicted molar refractivity (Wildman–Crippen MR) is 127 cm³/mol. The Morgan fingerprint density at radius 3 is 2.66 bits per heavy atom. The normalized spacial score (nSPS) is 15.8. The Morgan fingerprint density at radius 1 is 1.00 bits per heavy atom. The summed E-state index contributed by atoms with van der Waals surface area (Å²) in [6.07, 6.45) is 0.665. The molecule has 32 heavy (non-hydrogen) atoms. The number of pyridine rings is 1. The van der Waals surface area contributed by atoms with E-state index in [1.807, 2.05) is 71.6 Å². The first-order chi connectivity index (χ1) is 15.6. The number of nitro groups is 1. The summed E-state index contributed by atoms with van der Waals surface area (Å²) in [6.45, 7) is 1.24. The second-order valence-corrected chi connectivity index (χ2v) is 8.22. The average molecular weight is 446 g/mol. The van der Waals surface area contributed by atoms with Crippen molar-refractivity contribution in [2.75, 3.05) is 18.0 Å². The third-order valence-electron chi connectivity index (χ3n) is 5.68. The molecule has 1 aliphatic heterocycles. The monoisotopic (exact) mass is 445 g/mol. The lowest BCUT2D eigenvalue weighted by atomic mass is 10.0. The number of aromatic nitrogens is 1. The van der Waals surface area contributed by atoms with Gasteiger partial charge >= 0.3 is 0 Å². The van der Waals surface area contributed by atoms with Crippen LogP contribution in [-0.4, -0.2) is 29.1 Å². The Kier molecular flexibility index (Phi) is 5.37. The van der Waals surface area contributed by atoms with Crippen molar-refractivity contribution in [3.63, 3.8) is 0 Å². The van der Waals surface area contributed by atoms with Crippen LogP contribution in [0.1, 0.15) is 6.42 Å². The van der Waals surface area contributed by atoms with E-state index in [1.54, 1.807) is 12.1 Å². The molecule has 0 aliphatic carbocycles. The number of hydrogen-bond donors (Lipinski definition) is 0. The summed E-state index contributed by atoms with van der Waals surface area (Å²) in [6, 6.07) is 24.4. The van der Waals surface area contributed by atoms with Gasteiger partial charge in [0.05, 0.1) is 17.0 Å². The molecule has 7 heteroatoms. The highest BCUT2D eigenvalue weighted by molar-refractivity contribution is 6.31. The number of rotatable bonds is 5. The summed E-state index contributed by atoms with van der Waals surface area (Å²) >= 11 is 6.04. The molecule has 0 spiro atoms. The zero-order valence-electron chi connectivity index (χ0n) is 17.1. The van der Waals surface area contributed by atoms with Gasteiger partial charge in [-0.2, -0.15) is 0 Å². The van der Waals surface area contributed by atoms with Crippen LogP contribution in [0.2, 0.25) is 5.02 Å². The molecule has 0 saturated carbocycles. The Bertz CT molecular complexity index is 1300. The van der Waals surface area contributed by atoms with Crippen molar-refractivity contribution in [1.82, 2.24) is 4.98 Å². The van der Waals surface area contributed by atoms with Crippen LogP contribution in [0.15, 0.2) is 78.9 Å².